The quantitative estimate of drug-likeness (QED) is 0.479. The second-order valence-electron chi connectivity index (χ2n) is 3.49. The molecule has 88 valence electrons. The minimum Gasteiger partial charge on any atom is -0.389 e. The summed E-state index contributed by atoms with van der Waals surface area (Å²) < 4.78 is 0. The van der Waals surface area contributed by atoms with Gasteiger partial charge in [0, 0.05) is 6.07 Å². The van der Waals surface area contributed by atoms with Crippen molar-refractivity contribution in [1.29, 1.82) is 0 Å². The van der Waals surface area contributed by atoms with E-state index in [9.17, 15) is 20.3 Å². The van der Waals surface area contributed by atoms with Gasteiger partial charge in [0.15, 0.2) is 0 Å². The molecule has 0 aliphatic rings. The summed E-state index contributed by atoms with van der Waals surface area (Å²) >= 11 is 5.38. The summed E-state index contributed by atoms with van der Waals surface area (Å²) in [5.74, 6) is -0.188. The van der Waals surface area contributed by atoms with Gasteiger partial charge in [-0.3, -0.25) is 10.1 Å². The van der Waals surface area contributed by atoms with Gasteiger partial charge in [-0.1, -0.05) is 6.07 Å². The SMILES string of the molecule is Cc1ccc(C(O)C(O)CCl)c([N+](=O)[O-])c1. The van der Waals surface area contributed by atoms with Crippen molar-refractivity contribution in [2.75, 3.05) is 5.88 Å². The number of hydrogen-bond donors (Lipinski definition) is 2. The molecule has 0 spiro atoms. The first-order valence-electron chi connectivity index (χ1n) is 4.64. The normalized spacial score (nSPS) is 14.5. The second kappa shape index (κ2) is 5.25. The van der Waals surface area contributed by atoms with Crippen LogP contribution in [0.2, 0.25) is 0 Å². The van der Waals surface area contributed by atoms with Crippen molar-refractivity contribution in [1.82, 2.24) is 0 Å². The number of nitro groups is 1. The number of halogens is 1. The molecule has 1 aromatic rings. The van der Waals surface area contributed by atoms with Crippen LogP contribution in [0.4, 0.5) is 5.69 Å². The van der Waals surface area contributed by atoms with E-state index in [4.69, 9.17) is 11.6 Å². The molecule has 0 amide bonds. The molecule has 2 atom stereocenters. The minimum atomic E-state index is -1.35. The van der Waals surface area contributed by atoms with E-state index in [1.54, 1.807) is 13.0 Å². The van der Waals surface area contributed by atoms with E-state index in [2.05, 4.69) is 0 Å². The minimum absolute atomic E-state index is 0.0729. The highest BCUT2D eigenvalue weighted by Gasteiger charge is 2.25. The number of aliphatic hydroxyl groups excluding tert-OH is 2. The van der Waals surface area contributed by atoms with Gasteiger partial charge in [-0.05, 0) is 18.6 Å². The molecule has 0 saturated carbocycles. The van der Waals surface area contributed by atoms with Crippen molar-refractivity contribution in [2.45, 2.75) is 19.1 Å². The average molecular weight is 246 g/mol. The third kappa shape index (κ3) is 2.69. The summed E-state index contributed by atoms with van der Waals surface area (Å²) in [7, 11) is 0. The summed E-state index contributed by atoms with van der Waals surface area (Å²) in [4.78, 5) is 10.2. The Hall–Kier alpha value is -1.17. The van der Waals surface area contributed by atoms with Crippen LogP contribution >= 0.6 is 11.6 Å². The molecular formula is C10H12ClNO4. The fourth-order valence-electron chi connectivity index (χ4n) is 1.35. The van der Waals surface area contributed by atoms with Gasteiger partial charge in [-0.25, -0.2) is 0 Å². The topological polar surface area (TPSA) is 83.6 Å². The maximum Gasteiger partial charge on any atom is 0.275 e. The Morgan fingerprint density at radius 3 is 2.62 bits per heavy atom. The number of aliphatic hydroxyl groups is 2. The lowest BCUT2D eigenvalue weighted by Crippen LogP contribution is -2.20. The van der Waals surface area contributed by atoms with Gasteiger partial charge in [0.25, 0.3) is 5.69 Å². The molecule has 2 N–H and O–H groups in total. The van der Waals surface area contributed by atoms with Crippen LogP contribution in [0.5, 0.6) is 0 Å². The van der Waals surface area contributed by atoms with Crippen LogP contribution < -0.4 is 0 Å². The van der Waals surface area contributed by atoms with E-state index >= 15 is 0 Å². The molecular weight excluding hydrogens is 234 g/mol. The Kier molecular flexibility index (Phi) is 4.23. The number of rotatable bonds is 4. The summed E-state index contributed by atoms with van der Waals surface area (Å²) in [5.41, 5.74) is 0.573. The number of hydrogen-bond acceptors (Lipinski definition) is 4. The number of nitro benzene ring substituents is 1. The van der Waals surface area contributed by atoms with E-state index in [0.717, 1.165) is 0 Å². The van der Waals surface area contributed by atoms with E-state index in [1.807, 2.05) is 0 Å². The summed E-state index contributed by atoms with van der Waals surface area (Å²) in [6.07, 6.45) is -2.57. The monoisotopic (exact) mass is 245 g/mol. The molecule has 0 saturated heterocycles. The Labute approximate surface area is 97.4 Å². The number of nitrogens with zero attached hydrogens (tertiary/aromatic N) is 1. The lowest BCUT2D eigenvalue weighted by molar-refractivity contribution is -0.386. The first-order chi connectivity index (χ1) is 7.47. The summed E-state index contributed by atoms with van der Waals surface area (Å²) in [6, 6.07) is 4.40. The molecule has 5 nitrogen and oxygen atoms in total. The zero-order valence-electron chi connectivity index (χ0n) is 8.63. The Balaban J connectivity index is 3.17. The molecule has 0 heterocycles. The van der Waals surface area contributed by atoms with Gasteiger partial charge in [-0.2, -0.15) is 0 Å². The standard InChI is InChI=1S/C10H12ClNO4/c1-6-2-3-7(8(4-6)12(15)16)10(14)9(13)5-11/h2-4,9-10,13-14H,5H2,1H3. The highest BCUT2D eigenvalue weighted by atomic mass is 35.5. The molecule has 0 aliphatic heterocycles. The molecule has 0 bridgehead atoms. The second-order valence-corrected chi connectivity index (χ2v) is 3.79. The van der Waals surface area contributed by atoms with Crippen molar-refractivity contribution in [3.05, 3.63) is 39.4 Å². The van der Waals surface area contributed by atoms with Crippen molar-refractivity contribution in [3.8, 4) is 0 Å². The third-order valence-electron chi connectivity index (χ3n) is 2.22. The highest BCUT2D eigenvalue weighted by Crippen LogP contribution is 2.28. The maximum absolute atomic E-state index is 10.8. The van der Waals surface area contributed by atoms with E-state index in [-0.39, 0.29) is 17.1 Å². The van der Waals surface area contributed by atoms with Crippen LogP contribution in [0, 0.1) is 17.0 Å². The van der Waals surface area contributed by atoms with Gasteiger partial charge in [0.2, 0.25) is 0 Å². The Morgan fingerprint density at radius 1 is 1.50 bits per heavy atom. The summed E-state index contributed by atoms with van der Waals surface area (Å²) in [6.45, 7) is 1.71. The Bertz CT molecular complexity index is 396. The molecule has 16 heavy (non-hydrogen) atoms. The highest BCUT2D eigenvalue weighted by molar-refractivity contribution is 6.18. The van der Waals surface area contributed by atoms with Gasteiger partial charge in [0.1, 0.15) is 6.10 Å². The average Bonchev–Trinajstić information content (AvgIpc) is 2.26. The number of aryl methyl sites for hydroxylation is 1. The molecule has 0 radical (unpaired) electrons. The van der Waals surface area contributed by atoms with Crippen LogP contribution in [0.3, 0.4) is 0 Å². The lowest BCUT2D eigenvalue weighted by Gasteiger charge is -2.15. The molecule has 1 aromatic carbocycles. The van der Waals surface area contributed by atoms with Crippen molar-refractivity contribution in [3.63, 3.8) is 0 Å². The first kappa shape index (κ1) is 12.9. The lowest BCUT2D eigenvalue weighted by atomic mass is 10.0. The van der Waals surface area contributed by atoms with Crippen LogP contribution in [-0.2, 0) is 0 Å². The summed E-state index contributed by atoms with van der Waals surface area (Å²) in [5, 5.41) is 29.8. The molecule has 0 aliphatic carbocycles. The Morgan fingerprint density at radius 2 is 2.12 bits per heavy atom. The van der Waals surface area contributed by atoms with E-state index < -0.39 is 17.1 Å². The molecule has 0 aromatic heterocycles. The van der Waals surface area contributed by atoms with Crippen LogP contribution in [0.25, 0.3) is 0 Å². The van der Waals surface area contributed by atoms with Crippen molar-refractivity contribution >= 4 is 17.3 Å². The zero-order valence-corrected chi connectivity index (χ0v) is 9.39. The molecule has 2 unspecified atom stereocenters. The largest absolute Gasteiger partial charge is 0.389 e. The predicted molar refractivity (Wildman–Crippen MR) is 59.5 cm³/mol. The van der Waals surface area contributed by atoms with Crippen LogP contribution in [0.1, 0.15) is 17.2 Å². The number of alkyl halides is 1. The van der Waals surface area contributed by atoms with Gasteiger partial charge in [-0.15, -0.1) is 11.6 Å². The van der Waals surface area contributed by atoms with Gasteiger partial charge < -0.3 is 10.2 Å². The third-order valence-corrected chi connectivity index (χ3v) is 2.54. The van der Waals surface area contributed by atoms with Gasteiger partial charge >= 0.3 is 0 Å². The fourth-order valence-corrected chi connectivity index (χ4v) is 1.52. The number of benzene rings is 1. The first-order valence-corrected chi connectivity index (χ1v) is 5.18. The van der Waals surface area contributed by atoms with Crippen LogP contribution in [0.15, 0.2) is 18.2 Å². The van der Waals surface area contributed by atoms with Crippen molar-refractivity contribution < 1.29 is 15.1 Å². The van der Waals surface area contributed by atoms with Crippen LogP contribution in [-0.4, -0.2) is 27.1 Å². The predicted octanol–water partition coefficient (Wildman–Crippen LogP) is 1.54. The van der Waals surface area contributed by atoms with Gasteiger partial charge in [0.05, 0.1) is 22.5 Å². The van der Waals surface area contributed by atoms with E-state index in [1.165, 1.54) is 12.1 Å². The molecule has 0 fully saturated rings. The molecule has 1 rings (SSSR count). The van der Waals surface area contributed by atoms with E-state index in [0.29, 0.717) is 5.56 Å². The fraction of sp³-hybridized carbons (Fsp3) is 0.400. The smallest absolute Gasteiger partial charge is 0.275 e. The van der Waals surface area contributed by atoms with Crippen molar-refractivity contribution in [2.24, 2.45) is 0 Å². The molecule has 6 heteroatoms. The zero-order chi connectivity index (χ0) is 12.3. The maximum atomic E-state index is 10.8.